The maximum atomic E-state index is 10.9. The summed E-state index contributed by atoms with van der Waals surface area (Å²) in [6.45, 7) is 15.1. The third kappa shape index (κ3) is 4.35. The van der Waals surface area contributed by atoms with E-state index in [2.05, 4.69) is 39.9 Å². The molecule has 0 radical (unpaired) electrons. The van der Waals surface area contributed by atoms with E-state index in [0.717, 1.165) is 35.3 Å². The smallest absolute Gasteiger partial charge is 0.250 e. The van der Waals surface area contributed by atoms with Gasteiger partial charge in [0.15, 0.2) is 5.75 Å². The minimum absolute atomic E-state index is 0.00789. The summed E-state index contributed by atoms with van der Waals surface area (Å²) in [5.41, 5.74) is 2.17. The van der Waals surface area contributed by atoms with Gasteiger partial charge in [-0.05, 0) is 48.7 Å². The van der Waals surface area contributed by atoms with Crippen LogP contribution in [0.2, 0.25) is 18.1 Å². The Kier molecular flexibility index (Phi) is 5.85. The van der Waals surface area contributed by atoms with Crippen molar-refractivity contribution >= 4 is 14.6 Å². The molecule has 1 aromatic rings. The molecule has 0 saturated heterocycles. The van der Waals surface area contributed by atoms with Crippen LogP contribution in [-0.4, -0.2) is 21.7 Å². The number of ether oxygens (including phenoxy) is 1. The average molecular weight is 323 g/mol. The van der Waals surface area contributed by atoms with Gasteiger partial charge in [0.25, 0.3) is 8.32 Å². The number of aldehydes is 1. The lowest BCUT2D eigenvalue weighted by atomic mass is 10.00. The van der Waals surface area contributed by atoms with Gasteiger partial charge in [0, 0.05) is 5.92 Å². The highest BCUT2D eigenvalue weighted by atomic mass is 28.4. The van der Waals surface area contributed by atoms with Crippen molar-refractivity contribution in [1.82, 2.24) is 0 Å². The minimum atomic E-state index is -1.94. The van der Waals surface area contributed by atoms with Crippen LogP contribution in [0.5, 0.6) is 11.5 Å². The molecule has 0 amide bonds. The van der Waals surface area contributed by atoms with E-state index in [4.69, 9.17) is 9.16 Å². The highest BCUT2D eigenvalue weighted by Crippen LogP contribution is 2.41. The third-order valence-electron chi connectivity index (χ3n) is 4.47. The highest BCUT2D eigenvalue weighted by molar-refractivity contribution is 6.74. The van der Waals surface area contributed by atoms with Crippen LogP contribution in [0.3, 0.4) is 0 Å². The zero-order chi connectivity index (χ0) is 17.1. The molecule has 0 aliphatic heterocycles. The number of carbonyl (C=O) groups excluding carboxylic acids is 1. The van der Waals surface area contributed by atoms with Crippen LogP contribution in [0, 0.1) is 12.8 Å². The Balaban J connectivity index is 3.24. The first-order valence-corrected chi connectivity index (χ1v) is 10.7. The quantitative estimate of drug-likeness (QED) is 0.559. The Morgan fingerprint density at radius 2 is 1.86 bits per heavy atom. The summed E-state index contributed by atoms with van der Waals surface area (Å²) in [6.07, 6.45) is 1.72. The summed E-state index contributed by atoms with van der Waals surface area (Å²) in [5.74, 6) is 1.61. The Bertz CT molecular complexity index is 530. The SMILES string of the molecule is COc1c(C)cc(CC(C)C=O)cc1O[Si](C)(C)C(C)(C)C. The van der Waals surface area contributed by atoms with Gasteiger partial charge >= 0.3 is 0 Å². The second-order valence-electron chi connectivity index (χ2n) is 7.62. The second kappa shape index (κ2) is 6.86. The van der Waals surface area contributed by atoms with Crippen molar-refractivity contribution in [1.29, 1.82) is 0 Å². The van der Waals surface area contributed by atoms with Crippen molar-refractivity contribution < 1.29 is 14.0 Å². The highest BCUT2D eigenvalue weighted by Gasteiger charge is 2.39. The van der Waals surface area contributed by atoms with Crippen LogP contribution >= 0.6 is 0 Å². The molecular weight excluding hydrogens is 292 g/mol. The predicted octanol–water partition coefficient (Wildman–Crippen LogP) is 4.77. The standard InChI is InChI=1S/C18H30O3Si/c1-13(12-19)9-15-10-14(2)17(20-6)16(11-15)21-22(7,8)18(3,4)5/h10-13H,9H2,1-8H3. The molecule has 4 heteroatoms. The molecule has 0 bridgehead atoms. The van der Waals surface area contributed by atoms with E-state index in [0.29, 0.717) is 0 Å². The zero-order valence-electron chi connectivity index (χ0n) is 15.2. The number of hydrogen-bond donors (Lipinski definition) is 0. The molecule has 1 aromatic carbocycles. The van der Waals surface area contributed by atoms with Crippen LogP contribution in [0.1, 0.15) is 38.8 Å². The molecule has 1 rings (SSSR count). The summed E-state index contributed by atoms with van der Waals surface area (Å²) in [6, 6.07) is 4.11. The Hall–Kier alpha value is -1.29. The first-order chi connectivity index (χ1) is 10.0. The van der Waals surface area contributed by atoms with Gasteiger partial charge in [0.2, 0.25) is 0 Å². The summed E-state index contributed by atoms with van der Waals surface area (Å²) in [5, 5.41) is 0.123. The number of benzene rings is 1. The van der Waals surface area contributed by atoms with Crippen molar-refractivity contribution in [2.45, 2.75) is 59.2 Å². The molecule has 22 heavy (non-hydrogen) atoms. The Labute approximate surface area is 136 Å². The third-order valence-corrected chi connectivity index (χ3v) is 8.81. The van der Waals surface area contributed by atoms with E-state index in [-0.39, 0.29) is 11.0 Å². The van der Waals surface area contributed by atoms with Crippen molar-refractivity contribution in [2.24, 2.45) is 5.92 Å². The van der Waals surface area contributed by atoms with Crippen LogP contribution < -0.4 is 9.16 Å². The largest absolute Gasteiger partial charge is 0.541 e. The fourth-order valence-corrected chi connectivity index (χ4v) is 3.12. The normalized spacial score (nSPS) is 13.6. The maximum absolute atomic E-state index is 10.9. The van der Waals surface area contributed by atoms with E-state index < -0.39 is 8.32 Å². The Morgan fingerprint density at radius 1 is 1.27 bits per heavy atom. The van der Waals surface area contributed by atoms with Crippen LogP contribution in [0.4, 0.5) is 0 Å². The van der Waals surface area contributed by atoms with Crippen LogP contribution in [0.25, 0.3) is 0 Å². The van der Waals surface area contributed by atoms with E-state index in [9.17, 15) is 4.79 Å². The molecule has 124 valence electrons. The number of methoxy groups -OCH3 is 1. The first kappa shape index (κ1) is 18.8. The molecule has 0 aliphatic carbocycles. The number of rotatable bonds is 6. The van der Waals surface area contributed by atoms with E-state index in [1.54, 1.807) is 7.11 Å². The number of aryl methyl sites for hydroxylation is 1. The van der Waals surface area contributed by atoms with Gasteiger partial charge in [-0.3, -0.25) is 0 Å². The summed E-state index contributed by atoms with van der Waals surface area (Å²) in [4.78, 5) is 10.9. The molecule has 0 spiro atoms. The molecule has 0 fully saturated rings. The topological polar surface area (TPSA) is 35.5 Å². The van der Waals surface area contributed by atoms with Gasteiger partial charge in [-0.2, -0.15) is 0 Å². The second-order valence-corrected chi connectivity index (χ2v) is 12.3. The van der Waals surface area contributed by atoms with Crippen molar-refractivity contribution in [2.75, 3.05) is 7.11 Å². The van der Waals surface area contributed by atoms with Crippen molar-refractivity contribution in [3.05, 3.63) is 23.3 Å². The lowest BCUT2D eigenvalue weighted by molar-refractivity contribution is -0.110. The molecule has 0 saturated carbocycles. The maximum Gasteiger partial charge on any atom is 0.250 e. The van der Waals surface area contributed by atoms with Gasteiger partial charge < -0.3 is 14.0 Å². The molecule has 1 atom stereocenters. The van der Waals surface area contributed by atoms with Gasteiger partial charge in [-0.15, -0.1) is 0 Å². The van der Waals surface area contributed by atoms with E-state index in [1.807, 2.05) is 19.9 Å². The lowest BCUT2D eigenvalue weighted by Gasteiger charge is -2.37. The van der Waals surface area contributed by atoms with E-state index >= 15 is 0 Å². The zero-order valence-corrected chi connectivity index (χ0v) is 16.2. The van der Waals surface area contributed by atoms with Gasteiger partial charge in [0.05, 0.1) is 7.11 Å². The number of carbonyl (C=O) groups is 1. The molecule has 0 N–H and O–H groups in total. The fraction of sp³-hybridized carbons (Fsp3) is 0.611. The van der Waals surface area contributed by atoms with Gasteiger partial charge in [-0.25, -0.2) is 0 Å². The monoisotopic (exact) mass is 322 g/mol. The van der Waals surface area contributed by atoms with Crippen LogP contribution in [-0.2, 0) is 11.2 Å². The van der Waals surface area contributed by atoms with Gasteiger partial charge in [-0.1, -0.05) is 33.8 Å². The lowest BCUT2D eigenvalue weighted by Crippen LogP contribution is -2.44. The minimum Gasteiger partial charge on any atom is -0.541 e. The van der Waals surface area contributed by atoms with Crippen molar-refractivity contribution in [3.63, 3.8) is 0 Å². The van der Waals surface area contributed by atoms with E-state index in [1.165, 1.54) is 0 Å². The Morgan fingerprint density at radius 3 is 2.32 bits per heavy atom. The molecule has 0 aromatic heterocycles. The molecule has 0 heterocycles. The van der Waals surface area contributed by atoms with Gasteiger partial charge in [0.1, 0.15) is 12.0 Å². The van der Waals surface area contributed by atoms with Crippen LogP contribution in [0.15, 0.2) is 12.1 Å². The summed E-state index contributed by atoms with van der Waals surface area (Å²) < 4.78 is 12.0. The molecule has 1 unspecified atom stereocenters. The first-order valence-electron chi connectivity index (χ1n) is 7.83. The summed E-state index contributed by atoms with van der Waals surface area (Å²) in [7, 11) is -0.262. The predicted molar refractivity (Wildman–Crippen MR) is 94.5 cm³/mol. The van der Waals surface area contributed by atoms with Crippen molar-refractivity contribution in [3.8, 4) is 11.5 Å². The molecule has 3 nitrogen and oxygen atoms in total. The summed E-state index contributed by atoms with van der Waals surface area (Å²) >= 11 is 0. The molecular formula is C18H30O3Si. The average Bonchev–Trinajstić information content (AvgIpc) is 2.36. The molecule has 0 aliphatic rings. The number of hydrogen-bond acceptors (Lipinski definition) is 3. The fourth-order valence-electron chi connectivity index (χ4n) is 2.12.